The molecule has 0 aromatic rings. The summed E-state index contributed by atoms with van der Waals surface area (Å²) < 4.78 is 26.2. The average Bonchev–Trinajstić information content (AvgIpc) is 2.06. The maximum Gasteiger partial charge on any atom is 0.257 e. The summed E-state index contributed by atoms with van der Waals surface area (Å²) >= 11 is 0. The largest absolute Gasteiger partial charge is 0.303 e. The van der Waals surface area contributed by atoms with Crippen LogP contribution in [0.4, 0.5) is 8.78 Å². The second kappa shape index (κ2) is 3.97. The first-order chi connectivity index (χ1) is 5.67. The van der Waals surface area contributed by atoms with E-state index in [-0.39, 0.29) is 0 Å². The number of carbonyl (C=O) groups is 1. The van der Waals surface area contributed by atoms with Crippen LogP contribution in [0.1, 0.15) is 38.5 Å². The number of halogens is 2. The third kappa shape index (κ3) is 2.26. The van der Waals surface area contributed by atoms with E-state index in [2.05, 4.69) is 0 Å². The van der Waals surface area contributed by atoms with E-state index in [1.54, 1.807) is 0 Å². The molecule has 0 aliphatic heterocycles. The van der Waals surface area contributed by atoms with Crippen molar-refractivity contribution < 1.29 is 13.6 Å². The van der Waals surface area contributed by atoms with Crippen molar-refractivity contribution in [2.24, 2.45) is 5.92 Å². The Morgan fingerprint density at radius 1 is 1.25 bits per heavy atom. The summed E-state index contributed by atoms with van der Waals surface area (Å²) in [5.41, 5.74) is 0. The Labute approximate surface area is 71.1 Å². The zero-order valence-corrected chi connectivity index (χ0v) is 7.06. The van der Waals surface area contributed by atoms with Crippen molar-refractivity contribution in [1.29, 1.82) is 0 Å². The fourth-order valence-electron chi connectivity index (χ4n) is 1.80. The minimum Gasteiger partial charge on any atom is -0.303 e. The van der Waals surface area contributed by atoms with Crippen LogP contribution in [0, 0.1) is 5.92 Å². The molecule has 0 spiro atoms. The summed E-state index contributed by atoms with van der Waals surface area (Å²) in [4.78, 5) is 9.98. The van der Waals surface area contributed by atoms with E-state index in [1.165, 1.54) is 0 Å². The van der Waals surface area contributed by atoms with Crippen molar-refractivity contribution >= 4 is 6.29 Å². The second-order valence-electron chi connectivity index (χ2n) is 3.47. The van der Waals surface area contributed by atoms with Gasteiger partial charge in [-0.2, -0.15) is 0 Å². The predicted octanol–water partition coefficient (Wildman–Crippen LogP) is 2.79. The van der Waals surface area contributed by atoms with Gasteiger partial charge in [-0.3, -0.25) is 0 Å². The smallest absolute Gasteiger partial charge is 0.257 e. The molecule has 1 saturated carbocycles. The number of rotatable bonds is 3. The first kappa shape index (κ1) is 9.62. The molecule has 0 N–H and O–H groups in total. The van der Waals surface area contributed by atoms with Gasteiger partial charge < -0.3 is 4.79 Å². The molecule has 1 rings (SSSR count). The van der Waals surface area contributed by atoms with Crippen molar-refractivity contribution in [3.8, 4) is 0 Å². The van der Waals surface area contributed by atoms with Crippen LogP contribution in [0.15, 0.2) is 0 Å². The highest BCUT2D eigenvalue weighted by molar-refractivity contribution is 5.50. The molecule has 70 valence electrons. The first-order valence-electron chi connectivity index (χ1n) is 4.48. The molecular formula is C9H14F2O. The van der Waals surface area contributed by atoms with Crippen LogP contribution < -0.4 is 0 Å². The van der Waals surface area contributed by atoms with Gasteiger partial charge in [-0.1, -0.05) is 19.3 Å². The highest BCUT2D eigenvalue weighted by Crippen LogP contribution is 2.37. The maximum absolute atomic E-state index is 13.1. The fraction of sp³-hybridized carbons (Fsp3) is 0.889. The lowest BCUT2D eigenvalue weighted by atomic mass is 9.84. The van der Waals surface area contributed by atoms with Gasteiger partial charge in [0.2, 0.25) is 0 Å². The second-order valence-corrected chi connectivity index (χ2v) is 3.47. The molecule has 0 saturated heterocycles. The van der Waals surface area contributed by atoms with E-state index in [0.29, 0.717) is 19.1 Å². The molecule has 1 aliphatic rings. The van der Waals surface area contributed by atoms with Gasteiger partial charge in [0.05, 0.1) is 6.42 Å². The van der Waals surface area contributed by atoms with E-state index in [4.69, 9.17) is 0 Å². The molecule has 0 radical (unpaired) electrons. The molecule has 0 bridgehead atoms. The van der Waals surface area contributed by atoms with Crippen molar-refractivity contribution in [1.82, 2.24) is 0 Å². The highest BCUT2D eigenvalue weighted by atomic mass is 19.3. The summed E-state index contributed by atoms with van der Waals surface area (Å²) in [5, 5.41) is 0. The van der Waals surface area contributed by atoms with E-state index in [9.17, 15) is 13.6 Å². The van der Waals surface area contributed by atoms with Crippen molar-refractivity contribution in [2.45, 2.75) is 44.4 Å². The summed E-state index contributed by atoms with van der Waals surface area (Å²) in [6.07, 6.45) is 3.74. The Balaban J connectivity index is 2.47. The van der Waals surface area contributed by atoms with Crippen LogP contribution in [0.3, 0.4) is 0 Å². The van der Waals surface area contributed by atoms with Gasteiger partial charge in [0, 0.05) is 5.92 Å². The number of hydrogen-bond acceptors (Lipinski definition) is 1. The van der Waals surface area contributed by atoms with Crippen LogP contribution in [0.5, 0.6) is 0 Å². The number of hydrogen-bond donors (Lipinski definition) is 0. The zero-order valence-electron chi connectivity index (χ0n) is 7.06. The Bertz CT molecular complexity index is 151. The van der Waals surface area contributed by atoms with Gasteiger partial charge in [-0.05, 0) is 12.8 Å². The Morgan fingerprint density at radius 3 is 2.33 bits per heavy atom. The lowest BCUT2D eigenvalue weighted by Crippen LogP contribution is -2.30. The highest BCUT2D eigenvalue weighted by Gasteiger charge is 2.39. The standard InChI is InChI=1S/C9H14F2O/c10-9(11,6-7-12)8-4-2-1-3-5-8/h7-8H,1-6H2. The monoisotopic (exact) mass is 176 g/mol. The van der Waals surface area contributed by atoms with Crippen LogP contribution in [-0.4, -0.2) is 12.2 Å². The zero-order chi connectivity index (χ0) is 9.03. The molecule has 0 aromatic carbocycles. The third-order valence-corrected chi connectivity index (χ3v) is 2.56. The normalized spacial score (nSPS) is 20.8. The van der Waals surface area contributed by atoms with Crippen LogP contribution in [-0.2, 0) is 4.79 Å². The molecule has 0 aromatic heterocycles. The SMILES string of the molecule is O=CCC(F)(F)C1CCCCC1. The molecule has 3 heteroatoms. The number of alkyl halides is 2. The molecule has 0 unspecified atom stereocenters. The maximum atomic E-state index is 13.1. The lowest BCUT2D eigenvalue weighted by molar-refractivity contribution is -0.121. The Hall–Kier alpha value is -0.470. The molecule has 1 fully saturated rings. The topological polar surface area (TPSA) is 17.1 Å². The van der Waals surface area contributed by atoms with Gasteiger partial charge in [-0.15, -0.1) is 0 Å². The van der Waals surface area contributed by atoms with E-state index in [1.807, 2.05) is 0 Å². The van der Waals surface area contributed by atoms with E-state index >= 15 is 0 Å². The molecule has 0 amide bonds. The summed E-state index contributed by atoms with van der Waals surface area (Å²) in [7, 11) is 0. The van der Waals surface area contributed by atoms with Gasteiger partial charge in [0.15, 0.2) is 0 Å². The van der Waals surface area contributed by atoms with Gasteiger partial charge in [0.25, 0.3) is 5.92 Å². The van der Waals surface area contributed by atoms with Crippen molar-refractivity contribution in [2.75, 3.05) is 0 Å². The van der Waals surface area contributed by atoms with Crippen LogP contribution in [0.25, 0.3) is 0 Å². The molecule has 1 aliphatic carbocycles. The fourth-order valence-corrected chi connectivity index (χ4v) is 1.80. The first-order valence-corrected chi connectivity index (χ1v) is 4.48. The molecule has 12 heavy (non-hydrogen) atoms. The Morgan fingerprint density at radius 2 is 1.83 bits per heavy atom. The summed E-state index contributed by atoms with van der Waals surface area (Å²) in [6.45, 7) is 0. The van der Waals surface area contributed by atoms with Crippen molar-refractivity contribution in [3.05, 3.63) is 0 Å². The Kier molecular flexibility index (Phi) is 3.18. The lowest BCUT2D eigenvalue weighted by Gasteiger charge is -2.28. The third-order valence-electron chi connectivity index (χ3n) is 2.56. The van der Waals surface area contributed by atoms with Gasteiger partial charge >= 0.3 is 0 Å². The number of aldehydes is 1. The molecule has 0 heterocycles. The van der Waals surface area contributed by atoms with Crippen LogP contribution >= 0.6 is 0 Å². The average molecular weight is 176 g/mol. The van der Waals surface area contributed by atoms with Gasteiger partial charge in [0.1, 0.15) is 6.29 Å². The predicted molar refractivity (Wildman–Crippen MR) is 42.2 cm³/mol. The summed E-state index contributed by atoms with van der Waals surface area (Å²) in [6, 6.07) is 0. The van der Waals surface area contributed by atoms with Crippen molar-refractivity contribution in [3.63, 3.8) is 0 Å². The summed E-state index contributed by atoms with van der Waals surface area (Å²) in [5.74, 6) is -3.29. The van der Waals surface area contributed by atoms with Gasteiger partial charge in [-0.25, -0.2) is 8.78 Å². The minimum atomic E-state index is -2.75. The minimum absolute atomic E-state index is 0.328. The molecule has 1 nitrogen and oxygen atoms in total. The van der Waals surface area contributed by atoms with E-state index < -0.39 is 18.3 Å². The van der Waals surface area contributed by atoms with Crippen LogP contribution in [0.2, 0.25) is 0 Å². The molecular weight excluding hydrogens is 162 g/mol. The van der Waals surface area contributed by atoms with E-state index in [0.717, 1.165) is 19.3 Å². The number of carbonyl (C=O) groups excluding carboxylic acids is 1. The quantitative estimate of drug-likeness (QED) is 0.604. The molecule has 0 atom stereocenters.